The molecular weight excluding hydrogens is 444 g/mol. The Labute approximate surface area is 198 Å². The first-order valence-electron chi connectivity index (χ1n) is 11.5. The van der Waals surface area contributed by atoms with Crippen LogP contribution in [-0.4, -0.2) is 77.6 Å². The van der Waals surface area contributed by atoms with Crippen LogP contribution in [0.25, 0.3) is 0 Å². The molecule has 1 aromatic carbocycles. The topological polar surface area (TPSA) is 123 Å². The van der Waals surface area contributed by atoms with Crippen LogP contribution in [0, 0.1) is 16.7 Å². The van der Waals surface area contributed by atoms with E-state index in [1.165, 1.54) is 4.90 Å². The van der Waals surface area contributed by atoms with Crippen LogP contribution in [0.4, 0.5) is 13.6 Å². The molecule has 3 fully saturated rings. The second-order valence-electron chi connectivity index (χ2n) is 9.95. The number of hydrogen-bond acceptors (Lipinski definition) is 5. The molecule has 2 aliphatic heterocycles. The number of carbonyl (C=O) groups is 2. The molecule has 1 aromatic rings. The van der Waals surface area contributed by atoms with Crippen molar-refractivity contribution in [3.8, 4) is 6.07 Å². The first-order valence-corrected chi connectivity index (χ1v) is 11.5. The lowest BCUT2D eigenvalue weighted by Crippen LogP contribution is -2.61. The molecule has 1 aliphatic carbocycles. The Morgan fingerprint density at radius 1 is 1.21 bits per heavy atom. The van der Waals surface area contributed by atoms with Crippen LogP contribution in [0.5, 0.6) is 0 Å². The number of likely N-dealkylation sites (tertiary alicyclic amines) is 2. The van der Waals surface area contributed by atoms with Crippen molar-refractivity contribution in [2.75, 3.05) is 33.2 Å². The molecule has 34 heavy (non-hydrogen) atoms. The van der Waals surface area contributed by atoms with E-state index in [1.54, 1.807) is 30.3 Å². The van der Waals surface area contributed by atoms with E-state index in [2.05, 4.69) is 17.3 Å². The first-order chi connectivity index (χ1) is 16.0. The summed E-state index contributed by atoms with van der Waals surface area (Å²) in [6, 6.07) is 8.96. The summed E-state index contributed by atoms with van der Waals surface area (Å²) in [4.78, 5) is 26.2. The van der Waals surface area contributed by atoms with Crippen molar-refractivity contribution in [1.29, 1.82) is 5.26 Å². The number of hydrogen-bond donors (Lipinski definition) is 3. The van der Waals surface area contributed by atoms with Gasteiger partial charge in [-0.25, -0.2) is 13.6 Å². The summed E-state index contributed by atoms with van der Waals surface area (Å²) in [6.07, 6.45) is 1.45. The minimum atomic E-state index is -3.07. The molecule has 0 bridgehead atoms. The van der Waals surface area contributed by atoms with Gasteiger partial charge in [-0.05, 0) is 51.4 Å². The van der Waals surface area contributed by atoms with Crippen molar-refractivity contribution in [1.82, 2.24) is 15.1 Å². The molecule has 0 aromatic heterocycles. The van der Waals surface area contributed by atoms with Crippen molar-refractivity contribution in [3.05, 3.63) is 35.9 Å². The molecular formula is C24H33F2N5O3. The average molecular weight is 478 g/mol. The molecule has 2 saturated heterocycles. The van der Waals surface area contributed by atoms with Crippen molar-refractivity contribution in [2.45, 2.75) is 56.0 Å². The smallest absolute Gasteiger partial charge is 0.407 e. The number of alkyl halides is 2. The van der Waals surface area contributed by atoms with Gasteiger partial charge in [-0.3, -0.25) is 4.79 Å². The molecule has 186 valence electrons. The molecule has 4 rings (SSSR count). The number of nitrogens with two attached hydrogens (primary N) is 1. The van der Waals surface area contributed by atoms with Crippen molar-refractivity contribution >= 4 is 12.0 Å². The summed E-state index contributed by atoms with van der Waals surface area (Å²) in [6.45, 7) is 3.76. The third kappa shape index (κ3) is 6.87. The van der Waals surface area contributed by atoms with Crippen molar-refractivity contribution in [3.63, 3.8) is 0 Å². The highest BCUT2D eigenvalue weighted by Gasteiger charge is 2.47. The van der Waals surface area contributed by atoms with Gasteiger partial charge in [0.05, 0.1) is 12.1 Å². The predicted octanol–water partition coefficient (Wildman–Crippen LogP) is 2.45. The third-order valence-electron chi connectivity index (χ3n) is 6.86. The Bertz CT molecular complexity index is 901. The van der Waals surface area contributed by atoms with E-state index in [9.17, 15) is 18.4 Å². The van der Waals surface area contributed by atoms with Gasteiger partial charge in [-0.1, -0.05) is 30.3 Å². The quantitative estimate of drug-likeness (QED) is 0.578. The Morgan fingerprint density at radius 2 is 1.79 bits per heavy atom. The molecule has 10 heteroatoms. The number of piperidine rings is 1. The van der Waals surface area contributed by atoms with Gasteiger partial charge in [-0.2, -0.15) is 5.26 Å². The number of nitrogens with zero attached hydrogens (tertiary/aromatic N) is 3. The van der Waals surface area contributed by atoms with Crippen LogP contribution >= 0.6 is 0 Å². The van der Waals surface area contributed by atoms with Crippen LogP contribution in [0.2, 0.25) is 0 Å². The molecule has 2 amide bonds. The number of rotatable bonds is 6. The summed E-state index contributed by atoms with van der Waals surface area (Å²) in [5, 5.41) is 20.0. The highest BCUT2D eigenvalue weighted by Crippen LogP contribution is 2.40. The van der Waals surface area contributed by atoms with Crippen molar-refractivity contribution < 1.29 is 23.5 Å². The first kappa shape index (κ1) is 25.8. The van der Waals surface area contributed by atoms with Gasteiger partial charge in [0.25, 0.3) is 5.92 Å². The van der Waals surface area contributed by atoms with Gasteiger partial charge in [-0.15, -0.1) is 0 Å². The molecule has 4 N–H and O–H groups in total. The van der Waals surface area contributed by atoms with Crippen LogP contribution in [0.15, 0.2) is 30.3 Å². The number of amides is 2. The third-order valence-corrected chi connectivity index (χ3v) is 6.86. The molecule has 0 unspecified atom stereocenters. The molecule has 1 spiro atoms. The number of carbonyl (C=O) groups excluding carboxylic acids is 1. The fourth-order valence-electron chi connectivity index (χ4n) is 4.41. The second kappa shape index (κ2) is 10.2. The molecule has 8 nitrogen and oxygen atoms in total. The lowest BCUT2D eigenvalue weighted by Gasteiger charge is -2.52. The van der Waals surface area contributed by atoms with Crippen LogP contribution in [0.3, 0.4) is 0 Å². The summed E-state index contributed by atoms with van der Waals surface area (Å²) in [5.74, 6) is -3.76. The van der Waals surface area contributed by atoms with Crippen molar-refractivity contribution in [2.24, 2.45) is 11.1 Å². The highest BCUT2D eigenvalue weighted by molar-refractivity contribution is 5.83. The summed E-state index contributed by atoms with van der Waals surface area (Å²) in [7, 11) is 2.13. The van der Waals surface area contributed by atoms with E-state index < -0.39 is 42.3 Å². The Kier molecular flexibility index (Phi) is 7.78. The Balaban J connectivity index is 0.000000212. The number of nitriles is 1. The van der Waals surface area contributed by atoms with Crippen LogP contribution in [0.1, 0.15) is 37.7 Å². The van der Waals surface area contributed by atoms with Gasteiger partial charge in [0.2, 0.25) is 5.91 Å². The normalized spacial score (nSPS) is 21.3. The second-order valence-corrected chi connectivity index (χ2v) is 9.95. The van der Waals surface area contributed by atoms with E-state index in [4.69, 9.17) is 16.1 Å². The average Bonchev–Trinajstić information content (AvgIpc) is 3.53. The van der Waals surface area contributed by atoms with Gasteiger partial charge < -0.3 is 26.0 Å². The van der Waals surface area contributed by atoms with E-state index in [0.29, 0.717) is 23.8 Å². The predicted molar refractivity (Wildman–Crippen MR) is 122 cm³/mol. The van der Waals surface area contributed by atoms with Crippen LogP contribution < -0.4 is 11.1 Å². The largest absolute Gasteiger partial charge is 0.465 e. The number of halogens is 2. The molecule has 3 aliphatic rings. The lowest BCUT2D eigenvalue weighted by atomic mass is 9.72. The van der Waals surface area contributed by atoms with E-state index >= 15 is 0 Å². The maximum Gasteiger partial charge on any atom is 0.407 e. The zero-order chi connectivity index (χ0) is 25.0. The number of benzene rings is 1. The SMILES string of the molecule is CN1CCC2(CC1)CN(C(=O)O)C2.N#CC1(NC(=O)[C@@H](N)CC(F)(F)Cc2ccccc2)CC1. The fourth-order valence-corrected chi connectivity index (χ4v) is 4.41. The van der Waals surface area contributed by atoms with Gasteiger partial charge >= 0.3 is 6.09 Å². The highest BCUT2D eigenvalue weighted by atomic mass is 19.3. The minimum absolute atomic E-state index is 0.338. The van der Waals surface area contributed by atoms with Gasteiger partial charge in [0, 0.05) is 31.3 Å². The zero-order valence-corrected chi connectivity index (χ0v) is 19.5. The molecule has 1 atom stereocenters. The monoisotopic (exact) mass is 477 g/mol. The number of nitrogens with one attached hydrogen (secondary N) is 1. The maximum atomic E-state index is 13.9. The van der Waals surface area contributed by atoms with Gasteiger partial charge in [0.1, 0.15) is 5.54 Å². The van der Waals surface area contributed by atoms with E-state index in [1.807, 2.05) is 6.07 Å². The molecule has 1 saturated carbocycles. The molecule has 0 radical (unpaired) electrons. The Hall–Kier alpha value is -2.77. The standard InChI is InChI=1S/C15H17F2N3O.C9H16N2O2/c16-15(17,8-11-4-2-1-3-5-11)9-12(19)13(21)20-14(10-18)6-7-14;1-10-4-2-9(3-5-10)6-11(7-9)8(12)13/h1-5,12H,6-9,19H2,(H,20,21);2-7H2,1H3,(H,12,13)/t12-;/m0./s1. The minimum Gasteiger partial charge on any atom is -0.465 e. The zero-order valence-electron chi connectivity index (χ0n) is 19.5. The molecule has 2 heterocycles. The maximum absolute atomic E-state index is 13.9. The number of carboxylic acid groups (broad SMARTS) is 1. The summed E-state index contributed by atoms with van der Waals surface area (Å²) >= 11 is 0. The summed E-state index contributed by atoms with van der Waals surface area (Å²) in [5.41, 5.74) is 5.49. The Morgan fingerprint density at radius 3 is 2.29 bits per heavy atom. The van der Waals surface area contributed by atoms with Crippen LogP contribution in [-0.2, 0) is 11.2 Å². The fraction of sp³-hybridized carbons (Fsp3) is 0.625. The van der Waals surface area contributed by atoms with E-state index in [0.717, 1.165) is 39.0 Å². The summed E-state index contributed by atoms with van der Waals surface area (Å²) < 4.78 is 27.9. The van der Waals surface area contributed by atoms with E-state index in [-0.39, 0.29) is 0 Å². The lowest BCUT2D eigenvalue weighted by molar-refractivity contribution is -0.125. The van der Waals surface area contributed by atoms with Gasteiger partial charge in [0.15, 0.2) is 0 Å².